The summed E-state index contributed by atoms with van der Waals surface area (Å²) >= 11 is 0. The van der Waals surface area contributed by atoms with E-state index in [4.69, 9.17) is 9.16 Å². The second-order valence-electron chi connectivity index (χ2n) is 7.28. The number of amides is 1. The molecule has 0 aromatic heterocycles. The average molecular weight is 356 g/mol. The summed E-state index contributed by atoms with van der Waals surface area (Å²) in [4.78, 5) is 22.6. The number of hydrogen-bond acceptors (Lipinski definition) is 4. The van der Waals surface area contributed by atoms with Gasteiger partial charge in [0.15, 0.2) is 8.32 Å². The minimum absolute atomic E-state index is 0.141. The molecule has 0 aliphatic heterocycles. The summed E-state index contributed by atoms with van der Waals surface area (Å²) in [5.74, 6) is -0.481. The maximum absolute atomic E-state index is 11.8. The fraction of sp³-hybridized carbons (Fsp3) is 0.667. The van der Waals surface area contributed by atoms with Gasteiger partial charge in [-0.1, -0.05) is 32.9 Å². The molecule has 0 aromatic rings. The van der Waals surface area contributed by atoms with E-state index in [0.717, 1.165) is 12.8 Å². The number of unbranched alkanes of at least 4 members (excludes halogenated alkanes) is 1. The van der Waals surface area contributed by atoms with Crippen molar-refractivity contribution in [3.05, 3.63) is 23.9 Å². The molecule has 0 atom stereocenters. The van der Waals surface area contributed by atoms with Crippen LogP contribution in [-0.2, 0) is 18.8 Å². The molecule has 0 rings (SSSR count). The van der Waals surface area contributed by atoms with Gasteiger partial charge in [-0.15, -0.1) is 0 Å². The third-order valence-electron chi connectivity index (χ3n) is 4.20. The van der Waals surface area contributed by atoms with E-state index in [-0.39, 0.29) is 16.9 Å². The fourth-order valence-electron chi connectivity index (χ4n) is 1.65. The van der Waals surface area contributed by atoms with Crippen LogP contribution in [0.1, 0.15) is 47.0 Å². The minimum Gasteiger partial charge on any atom is -0.466 e. The summed E-state index contributed by atoms with van der Waals surface area (Å²) in [6, 6.07) is 0. The predicted octanol–water partition coefficient (Wildman–Crippen LogP) is 3.93. The molecule has 0 unspecified atom stereocenters. The van der Waals surface area contributed by atoms with E-state index in [0.29, 0.717) is 18.6 Å². The molecule has 1 N–H and O–H groups in total. The van der Waals surface area contributed by atoms with Crippen molar-refractivity contribution in [1.82, 2.24) is 5.32 Å². The van der Waals surface area contributed by atoms with Gasteiger partial charge in [0.1, 0.15) is 0 Å². The van der Waals surface area contributed by atoms with Crippen LogP contribution in [0.2, 0.25) is 18.1 Å². The summed E-state index contributed by atoms with van der Waals surface area (Å²) < 4.78 is 10.9. The number of allylic oxidation sites excluding steroid dienone is 2. The van der Waals surface area contributed by atoms with Gasteiger partial charge in [0, 0.05) is 25.3 Å². The van der Waals surface area contributed by atoms with Gasteiger partial charge in [0.2, 0.25) is 5.91 Å². The number of nitrogens with one attached hydrogen (secondary N) is 1. The van der Waals surface area contributed by atoms with Crippen LogP contribution in [-0.4, -0.2) is 33.9 Å². The van der Waals surface area contributed by atoms with Gasteiger partial charge in [-0.25, -0.2) is 4.79 Å². The number of carbonyl (C=O) groups is 2. The van der Waals surface area contributed by atoms with Gasteiger partial charge in [0.25, 0.3) is 0 Å². The average Bonchev–Trinajstić information content (AvgIpc) is 2.46. The maximum atomic E-state index is 11.8. The fourth-order valence-corrected chi connectivity index (χ4v) is 2.73. The van der Waals surface area contributed by atoms with Gasteiger partial charge in [-0.3, -0.25) is 4.79 Å². The molecule has 5 nitrogen and oxygen atoms in total. The van der Waals surface area contributed by atoms with Crippen LogP contribution >= 0.6 is 0 Å². The van der Waals surface area contributed by atoms with E-state index >= 15 is 0 Å². The molecule has 24 heavy (non-hydrogen) atoms. The largest absolute Gasteiger partial charge is 0.466 e. The number of carbonyl (C=O) groups excluding carboxylic acids is 2. The van der Waals surface area contributed by atoms with Crippen molar-refractivity contribution < 1.29 is 18.8 Å². The maximum Gasteiger partial charge on any atom is 0.333 e. The molecule has 0 bridgehead atoms. The Kier molecular flexibility index (Phi) is 9.85. The molecule has 0 aromatic carbocycles. The summed E-state index contributed by atoms with van der Waals surface area (Å²) in [6.07, 6.45) is 7.21. The summed E-state index contributed by atoms with van der Waals surface area (Å²) in [7, 11) is -0.342. The Morgan fingerprint density at radius 2 is 1.83 bits per heavy atom. The highest BCUT2D eigenvalue weighted by Crippen LogP contribution is 2.36. The number of esters is 1. The Hall–Kier alpha value is -1.40. The standard InChI is InChI=1S/C18H33NO4Si/c1-15(20)19-13-10-12-16(17(21)22-5)11-8-9-14-23-24(6,7)18(2,3)4/h10-11,13H,8-9,12,14H2,1-7H3,(H,19,20)/b13-10+,16-11-. The second kappa shape index (κ2) is 10.5. The molecule has 0 radical (unpaired) electrons. The molecular formula is C18H33NO4Si. The van der Waals surface area contributed by atoms with Crippen LogP contribution in [0.5, 0.6) is 0 Å². The second-order valence-corrected chi connectivity index (χ2v) is 12.1. The molecule has 0 aliphatic rings. The summed E-state index contributed by atoms with van der Waals surface area (Å²) in [5.41, 5.74) is 0.589. The van der Waals surface area contributed by atoms with E-state index < -0.39 is 8.32 Å². The third kappa shape index (κ3) is 9.03. The minimum atomic E-state index is -1.71. The molecule has 1 amide bonds. The summed E-state index contributed by atoms with van der Waals surface area (Å²) in [6.45, 7) is 13.2. The van der Waals surface area contributed by atoms with Crippen LogP contribution in [0.4, 0.5) is 0 Å². The lowest BCUT2D eigenvalue weighted by Crippen LogP contribution is -2.40. The van der Waals surface area contributed by atoms with Gasteiger partial charge in [0.05, 0.1) is 7.11 Å². The Morgan fingerprint density at radius 3 is 2.33 bits per heavy atom. The highest BCUT2D eigenvalue weighted by molar-refractivity contribution is 6.74. The number of methoxy groups -OCH3 is 1. The molecule has 0 heterocycles. The normalized spacial score (nSPS) is 13.2. The van der Waals surface area contributed by atoms with Crippen molar-refractivity contribution >= 4 is 20.2 Å². The van der Waals surface area contributed by atoms with Crippen molar-refractivity contribution in [3.63, 3.8) is 0 Å². The van der Waals surface area contributed by atoms with Crippen LogP contribution in [0, 0.1) is 0 Å². The Bertz CT molecular complexity index is 476. The summed E-state index contributed by atoms with van der Waals surface area (Å²) in [5, 5.41) is 2.75. The molecular weight excluding hydrogens is 322 g/mol. The molecule has 0 spiro atoms. The zero-order chi connectivity index (χ0) is 18.8. The van der Waals surface area contributed by atoms with Crippen LogP contribution in [0.3, 0.4) is 0 Å². The lowest BCUT2D eigenvalue weighted by Gasteiger charge is -2.36. The van der Waals surface area contributed by atoms with Crippen LogP contribution < -0.4 is 5.32 Å². The first-order chi connectivity index (χ1) is 11.0. The van der Waals surface area contributed by atoms with Crippen molar-refractivity contribution in [1.29, 1.82) is 0 Å². The Morgan fingerprint density at radius 1 is 1.21 bits per heavy atom. The van der Waals surface area contributed by atoms with Gasteiger partial charge in [-0.2, -0.15) is 0 Å². The number of rotatable bonds is 9. The smallest absolute Gasteiger partial charge is 0.333 e. The Labute approximate surface area is 147 Å². The zero-order valence-corrected chi connectivity index (χ0v) is 17.2. The first-order valence-corrected chi connectivity index (χ1v) is 11.3. The van der Waals surface area contributed by atoms with Gasteiger partial charge in [-0.05, 0) is 37.4 Å². The lowest BCUT2D eigenvalue weighted by atomic mass is 10.1. The first-order valence-electron chi connectivity index (χ1n) is 8.34. The monoisotopic (exact) mass is 355 g/mol. The molecule has 6 heteroatoms. The predicted molar refractivity (Wildman–Crippen MR) is 100 cm³/mol. The first kappa shape index (κ1) is 22.6. The highest BCUT2D eigenvalue weighted by atomic mass is 28.4. The lowest BCUT2D eigenvalue weighted by molar-refractivity contribution is -0.136. The SMILES string of the molecule is COC(=O)/C(=C\CCCO[Si](C)(C)C(C)(C)C)C/C=C/NC(C)=O. The Balaban J connectivity index is 4.44. The quantitative estimate of drug-likeness (QED) is 0.295. The zero-order valence-electron chi connectivity index (χ0n) is 16.2. The molecule has 0 aliphatic carbocycles. The topological polar surface area (TPSA) is 64.6 Å². The van der Waals surface area contributed by atoms with E-state index in [1.807, 2.05) is 6.08 Å². The number of ether oxygens (including phenoxy) is 1. The molecule has 0 saturated heterocycles. The molecule has 0 saturated carbocycles. The third-order valence-corrected chi connectivity index (χ3v) is 8.74. The molecule has 0 fully saturated rings. The molecule has 138 valence electrons. The van der Waals surface area contributed by atoms with Crippen molar-refractivity contribution in [2.45, 2.75) is 65.1 Å². The number of hydrogen-bond donors (Lipinski definition) is 1. The van der Waals surface area contributed by atoms with Gasteiger partial charge >= 0.3 is 5.97 Å². The van der Waals surface area contributed by atoms with Crippen molar-refractivity contribution in [3.8, 4) is 0 Å². The van der Waals surface area contributed by atoms with Crippen LogP contribution in [0.25, 0.3) is 0 Å². The highest BCUT2D eigenvalue weighted by Gasteiger charge is 2.36. The van der Waals surface area contributed by atoms with Crippen LogP contribution in [0.15, 0.2) is 23.9 Å². The van der Waals surface area contributed by atoms with Crippen molar-refractivity contribution in [2.24, 2.45) is 0 Å². The van der Waals surface area contributed by atoms with E-state index in [9.17, 15) is 9.59 Å². The van der Waals surface area contributed by atoms with E-state index in [2.05, 4.69) is 39.2 Å². The van der Waals surface area contributed by atoms with Gasteiger partial charge < -0.3 is 14.5 Å². The van der Waals surface area contributed by atoms with E-state index in [1.54, 1.807) is 12.3 Å². The van der Waals surface area contributed by atoms with E-state index in [1.165, 1.54) is 14.0 Å². The van der Waals surface area contributed by atoms with Crippen molar-refractivity contribution in [2.75, 3.05) is 13.7 Å².